The first-order valence-corrected chi connectivity index (χ1v) is 9.47. The van der Waals surface area contributed by atoms with Gasteiger partial charge in [0.15, 0.2) is 6.10 Å². The molecule has 0 N–H and O–H groups in total. The van der Waals surface area contributed by atoms with Crippen LogP contribution in [0.2, 0.25) is 0 Å². The van der Waals surface area contributed by atoms with Crippen molar-refractivity contribution in [1.82, 2.24) is 4.90 Å². The molecule has 7 heteroatoms. The first-order valence-electron chi connectivity index (χ1n) is 9.47. The molecule has 0 bridgehead atoms. The fourth-order valence-electron chi connectivity index (χ4n) is 3.77. The summed E-state index contributed by atoms with van der Waals surface area (Å²) in [7, 11) is 0. The average Bonchev–Trinajstić information content (AvgIpc) is 3.26. The van der Waals surface area contributed by atoms with Crippen molar-refractivity contribution in [2.75, 3.05) is 11.4 Å². The molecule has 0 saturated heterocycles. The number of anilines is 1. The van der Waals surface area contributed by atoms with E-state index in [4.69, 9.17) is 4.74 Å². The Labute approximate surface area is 167 Å². The predicted molar refractivity (Wildman–Crippen MR) is 104 cm³/mol. The third-order valence-electron chi connectivity index (χ3n) is 5.35. The fourth-order valence-corrected chi connectivity index (χ4v) is 3.77. The third kappa shape index (κ3) is 3.08. The maximum atomic E-state index is 12.8. The Morgan fingerprint density at radius 3 is 2.17 bits per heavy atom. The van der Waals surface area contributed by atoms with Crippen molar-refractivity contribution in [3.05, 3.63) is 65.2 Å². The van der Waals surface area contributed by atoms with Crippen LogP contribution in [0.4, 0.5) is 5.69 Å². The Kier molecular flexibility index (Phi) is 4.66. The highest BCUT2D eigenvalue weighted by Crippen LogP contribution is 2.29. The van der Waals surface area contributed by atoms with E-state index in [0.29, 0.717) is 6.54 Å². The largest absolute Gasteiger partial charge is 0.451 e. The lowest BCUT2D eigenvalue weighted by Crippen LogP contribution is -2.46. The monoisotopic (exact) mass is 392 g/mol. The first-order chi connectivity index (χ1) is 13.9. The molecule has 2 aromatic carbocycles. The Morgan fingerprint density at radius 2 is 1.52 bits per heavy atom. The second-order valence-electron chi connectivity index (χ2n) is 7.15. The molecule has 2 atom stereocenters. The first kappa shape index (κ1) is 18.9. The molecule has 0 spiro atoms. The fraction of sp³-hybridized carbons (Fsp3) is 0.273. The van der Waals surface area contributed by atoms with Gasteiger partial charge in [0.1, 0.15) is 6.04 Å². The van der Waals surface area contributed by atoms with Gasteiger partial charge in [0.05, 0.1) is 11.1 Å². The lowest BCUT2D eigenvalue weighted by atomic mass is 10.1. The van der Waals surface area contributed by atoms with Crippen LogP contribution in [0.5, 0.6) is 0 Å². The van der Waals surface area contributed by atoms with Crippen LogP contribution in [0.15, 0.2) is 48.5 Å². The molecular weight excluding hydrogens is 372 g/mol. The summed E-state index contributed by atoms with van der Waals surface area (Å²) >= 11 is 0. The van der Waals surface area contributed by atoms with E-state index in [1.54, 1.807) is 29.2 Å². The van der Waals surface area contributed by atoms with Crippen LogP contribution in [0, 0.1) is 0 Å². The zero-order valence-corrected chi connectivity index (χ0v) is 16.1. The second kappa shape index (κ2) is 7.16. The minimum absolute atomic E-state index is 0.259. The molecule has 0 aromatic heterocycles. The number of rotatable bonds is 4. The number of imide groups is 1. The molecule has 0 aliphatic carbocycles. The lowest BCUT2D eigenvalue weighted by molar-refractivity contribution is -0.157. The van der Waals surface area contributed by atoms with Gasteiger partial charge in [-0.05, 0) is 44.0 Å². The number of esters is 1. The topological polar surface area (TPSA) is 84.0 Å². The standard InChI is InChI=1S/C22H20N2O5/c1-13(24-20(26)16-8-4-5-9-17(16)21(24)27)22(28)29-14(2)19(25)23-12-11-15-7-3-6-10-18(15)23/h3-10,13-14H,11-12H2,1-2H3. The van der Waals surface area contributed by atoms with E-state index < -0.39 is 29.9 Å². The van der Waals surface area contributed by atoms with Crippen molar-refractivity contribution in [3.63, 3.8) is 0 Å². The molecule has 2 aliphatic heterocycles. The van der Waals surface area contributed by atoms with Crippen LogP contribution in [0.25, 0.3) is 0 Å². The van der Waals surface area contributed by atoms with Gasteiger partial charge < -0.3 is 9.64 Å². The number of nitrogens with zero attached hydrogens (tertiary/aromatic N) is 2. The van der Waals surface area contributed by atoms with E-state index >= 15 is 0 Å². The van der Waals surface area contributed by atoms with Crippen LogP contribution in [-0.4, -0.2) is 47.3 Å². The summed E-state index contributed by atoms with van der Waals surface area (Å²) in [4.78, 5) is 53.0. The van der Waals surface area contributed by atoms with Gasteiger partial charge in [0.25, 0.3) is 17.7 Å². The summed E-state index contributed by atoms with van der Waals surface area (Å²) in [5, 5.41) is 0. The predicted octanol–water partition coefficient (Wildman–Crippen LogP) is 2.19. The third-order valence-corrected chi connectivity index (χ3v) is 5.35. The van der Waals surface area contributed by atoms with Crippen molar-refractivity contribution < 1.29 is 23.9 Å². The van der Waals surface area contributed by atoms with Gasteiger partial charge in [0.2, 0.25) is 0 Å². The van der Waals surface area contributed by atoms with Gasteiger partial charge in [-0.3, -0.25) is 19.3 Å². The molecule has 0 fully saturated rings. The number of fused-ring (bicyclic) bond motifs is 2. The molecule has 3 amide bonds. The van der Waals surface area contributed by atoms with Gasteiger partial charge in [-0.15, -0.1) is 0 Å². The van der Waals surface area contributed by atoms with Crippen LogP contribution in [-0.2, 0) is 20.7 Å². The second-order valence-corrected chi connectivity index (χ2v) is 7.15. The van der Waals surface area contributed by atoms with Gasteiger partial charge in [-0.1, -0.05) is 30.3 Å². The van der Waals surface area contributed by atoms with Crippen molar-refractivity contribution in [1.29, 1.82) is 0 Å². The highest BCUT2D eigenvalue weighted by atomic mass is 16.5. The lowest BCUT2D eigenvalue weighted by Gasteiger charge is -2.25. The van der Waals surface area contributed by atoms with Crippen molar-refractivity contribution >= 4 is 29.4 Å². The number of amides is 3. The summed E-state index contributed by atoms with van der Waals surface area (Å²) in [6, 6.07) is 12.9. The van der Waals surface area contributed by atoms with Crippen LogP contribution < -0.4 is 4.90 Å². The number of benzene rings is 2. The van der Waals surface area contributed by atoms with Crippen molar-refractivity contribution in [2.45, 2.75) is 32.4 Å². The summed E-state index contributed by atoms with van der Waals surface area (Å²) in [6.45, 7) is 3.44. The summed E-state index contributed by atoms with van der Waals surface area (Å²) in [5.41, 5.74) is 2.40. The molecule has 0 saturated carbocycles. The van der Waals surface area contributed by atoms with Crippen molar-refractivity contribution in [3.8, 4) is 0 Å². The Balaban J connectivity index is 1.45. The zero-order valence-electron chi connectivity index (χ0n) is 16.1. The number of para-hydroxylation sites is 1. The molecule has 2 aliphatic rings. The molecule has 2 aromatic rings. The number of ether oxygens (including phenoxy) is 1. The van der Waals surface area contributed by atoms with E-state index in [2.05, 4.69) is 0 Å². The summed E-state index contributed by atoms with van der Waals surface area (Å²) < 4.78 is 5.33. The van der Waals surface area contributed by atoms with E-state index in [1.165, 1.54) is 13.8 Å². The smallest absolute Gasteiger partial charge is 0.329 e. The van der Waals surface area contributed by atoms with E-state index in [9.17, 15) is 19.2 Å². The van der Waals surface area contributed by atoms with Gasteiger partial charge >= 0.3 is 5.97 Å². The molecule has 7 nitrogen and oxygen atoms in total. The molecule has 0 radical (unpaired) electrons. The quantitative estimate of drug-likeness (QED) is 0.588. The number of hydrogen-bond donors (Lipinski definition) is 0. The highest BCUT2D eigenvalue weighted by molar-refractivity contribution is 6.22. The molecule has 2 heterocycles. The van der Waals surface area contributed by atoms with Crippen LogP contribution >= 0.6 is 0 Å². The molecular formula is C22H20N2O5. The number of carbonyl (C=O) groups excluding carboxylic acids is 4. The summed E-state index contributed by atoms with van der Waals surface area (Å²) in [5.74, 6) is -2.21. The molecule has 148 valence electrons. The normalized spacial score (nSPS) is 17.0. The SMILES string of the molecule is CC(OC(=O)C(C)N1C(=O)c2ccccc2C1=O)C(=O)N1CCc2ccccc21. The molecule has 29 heavy (non-hydrogen) atoms. The summed E-state index contributed by atoms with van der Waals surface area (Å²) in [6.07, 6.45) is -0.292. The van der Waals surface area contributed by atoms with Crippen LogP contribution in [0.3, 0.4) is 0 Å². The van der Waals surface area contributed by atoms with E-state index in [-0.39, 0.29) is 17.0 Å². The van der Waals surface area contributed by atoms with E-state index in [0.717, 1.165) is 22.6 Å². The van der Waals surface area contributed by atoms with Gasteiger partial charge in [0, 0.05) is 12.2 Å². The minimum Gasteiger partial charge on any atom is -0.451 e. The number of carbonyl (C=O) groups is 4. The van der Waals surface area contributed by atoms with E-state index in [1.807, 2.05) is 24.3 Å². The van der Waals surface area contributed by atoms with Gasteiger partial charge in [-0.25, -0.2) is 4.79 Å². The Hall–Kier alpha value is -3.48. The Bertz CT molecular complexity index is 996. The van der Waals surface area contributed by atoms with Crippen molar-refractivity contribution in [2.24, 2.45) is 0 Å². The average molecular weight is 392 g/mol. The minimum atomic E-state index is -1.14. The van der Waals surface area contributed by atoms with Crippen LogP contribution in [0.1, 0.15) is 40.1 Å². The molecule has 4 rings (SSSR count). The Morgan fingerprint density at radius 1 is 0.931 bits per heavy atom. The molecule has 2 unspecified atom stereocenters. The maximum Gasteiger partial charge on any atom is 0.329 e. The number of hydrogen-bond acceptors (Lipinski definition) is 5. The highest BCUT2D eigenvalue weighted by Gasteiger charge is 2.42. The zero-order chi connectivity index (χ0) is 20.7. The maximum absolute atomic E-state index is 12.8. The van der Waals surface area contributed by atoms with Gasteiger partial charge in [-0.2, -0.15) is 0 Å².